The van der Waals surface area contributed by atoms with E-state index in [-0.39, 0.29) is 17.0 Å². The third-order valence-electron chi connectivity index (χ3n) is 3.84. The molecule has 0 aliphatic carbocycles. The van der Waals surface area contributed by atoms with Crippen LogP contribution in [0.5, 0.6) is 5.75 Å². The Balaban J connectivity index is 2.45. The molecule has 1 aromatic carbocycles. The second-order valence-corrected chi connectivity index (χ2v) is 7.49. The number of rotatable bonds is 4. The summed E-state index contributed by atoms with van der Waals surface area (Å²) >= 11 is 0. The van der Waals surface area contributed by atoms with Gasteiger partial charge in [-0.1, -0.05) is 0 Å². The highest BCUT2D eigenvalue weighted by Crippen LogP contribution is 2.35. The van der Waals surface area contributed by atoms with Crippen molar-refractivity contribution in [2.24, 2.45) is 0 Å². The third-order valence-corrected chi connectivity index (χ3v) is 5.94. The van der Waals surface area contributed by atoms with E-state index in [1.165, 1.54) is 19.2 Å². The van der Waals surface area contributed by atoms with Gasteiger partial charge in [0, 0.05) is 17.6 Å². The van der Waals surface area contributed by atoms with Crippen molar-refractivity contribution in [2.75, 3.05) is 13.7 Å². The van der Waals surface area contributed by atoms with Crippen LogP contribution in [0, 0.1) is 0 Å². The van der Waals surface area contributed by atoms with Crippen LogP contribution in [0.25, 0.3) is 0 Å². The van der Waals surface area contributed by atoms with Crippen molar-refractivity contribution in [1.29, 1.82) is 0 Å². The number of sulfonamides is 1. The van der Waals surface area contributed by atoms with Crippen molar-refractivity contribution in [3.8, 4) is 5.75 Å². The van der Waals surface area contributed by atoms with Gasteiger partial charge >= 0.3 is 0 Å². The molecule has 6 heteroatoms. The highest BCUT2D eigenvalue weighted by Gasteiger charge is 2.40. The molecule has 0 radical (unpaired) electrons. The minimum absolute atomic E-state index is 0.206. The van der Waals surface area contributed by atoms with E-state index in [0.29, 0.717) is 17.9 Å². The molecule has 1 fully saturated rings. The summed E-state index contributed by atoms with van der Waals surface area (Å²) in [4.78, 5) is 0.206. The van der Waals surface area contributed by atoms with Crippen molar-refractivity contribution in [2.45, 2.75) is 43.7 Å². The summed E-state index contributed by atoms with van der Waals surface area (Å²) in [6.45, 7) is 4.16. The maximum atomic E-state index is 12.7. The molecule has 0 spiro atoms. The average molecular weight is 299 g/mol. The van der Waals surface area contributed by atoms with Gasteiger partial charge < -0.3 is 9.84 Å². The summed E-state index contributed by atoms with van der Waals surface area (Å²) in [5.74, 6) is 0.493. The van der Waals surface area contributed by atoms with E-state index < -0.39 is 10.0 Å². The summed E-state index contributed by atoms with van der Waals surface area (Å²) in [6, 6.07) is 4.60. The van der Waals surface area contributed by atoms with Crippen molar-refractivity contribution >= 4 is 10.0 Å². The van der Waals surface area contributed by atoms with E-state index in [9.17, 15) is 13.5 Å². The van der Waals surface area contributed by atoms with E-state index in [2.05, 4.69) is 0 Å². The lowest BCUT2D eigenvalue weighted by Crippen LogP contribution is -2.42. The number of nitrogens with zero attached hydrogens (tertiary/aromatic N) is 1. The minimum Gasteiger partial charge on any atom is -0.496 e. The molecular weight excluding hydrogens is 278 g/mol. The molecule has 1 heterocycles. The largest absolute Gasteiger partial charge is 0.496 e. The van der Waals surface area contributed by atoms with Crippen LogP contribution in [0.1, 0.15) is 32.3 Å². The van der Waals surface area contributed by atoms with Gasteiger partial charge in [-0.15, -0.1) is 0 Å². The molecule has 0 saturated carbocycles. The molecule has 0 atom stereocenters. The molecule has 0 aromatic heterocycles. The zero-order valence-electron chi connectivity index (χ0n) is 12.1. The second-order valence-electron chi connectivity index (χ2n) is 5.62. The molecule has 1 N–H and O–H groups in total. The Hall–Kier alpha value is -1.11. The van der Waals surface area contributed by atoms with Crippen LogP contribution in [0.15, 0.2) is 23.1 Å². The number of hydrogen-bond donors (Lipinski definition) is 1. The smallest absolute Gasteiger partial charge is 0.243 e. The summed E-state index contributed by atoms with van der Waals surface area (Å²) in [5, 5.41) is 9.32. The normalized spacial score (nSPS) is 19.2. The van der Waals surface area contributed by atoms with E-state index in [0.717, 1.165) is 12.8 Å². The lowest BCUT2D eigenvalue weighted by molar-refractivity contribution is 0.273. The summed E-state index contributed by atoms with van der Waals surface area (Å²) in [6.07, 6.45) is 1.73. The first kappa shape index (κ1) is 15.3. The number of aliphatic hydroxyl groups excluding tert-OH is 1. The number of methoxy groups -OCH3 is 1. The fourth-order valence-electron chi connectivity index (χ4n) is 2.69. The molecule has 1 aliphatic heterocycles. The Kier molecular flexibility index (Phi) is 4.09. The first-order valence-electron chi connectivity index (χ1n) is 6.63. The van der Waals surface area contributed by atoms with Crippen LogP contribution in [0.4, 0.5) is 0 Å². The fraction of sp³-hybridized carbons (Fsp3) is 0.571. The van der Waals surface area contributed by atoms with Crippen molar-refractivity contribution < 1.29 is 18.3 Å². The van der Waals surface area contributed by atoms with Gasteiger partial charge in [-0.3, -0.25) is 0 Å². The maximum Gasteiger partial charge on any atom is 0.243 e. The fourth-order valence-corrected chi connectivity index (χ4v) is 4.59. The lowest BCUT2D eigenvalue weighted by atomic mass is 10.0. The highest BCUT2D eigenvalue weighted by molar-refractivity contribution is 7.89. The van der Waals surface area contributed by atoms with E-state index in [1.807, 2.05) is 13.8 Å². The Bertz CT molecular complexity index is 595. The molecule has 1 saturated heterocycles. The van der Waals surface area contributed by atoms with Gasteiger partial charge in [0.05, 0.1) is 18.6 Å². The van der Waals surface area contributed by atoms with Gasteiger partial charge in [0.15, 0.2) is 0 Å². The SMILES string of the molecule is COc1ccc(S(=O)(=O)N2CCCC2(C)C)cc1CO. The Morgan fingerprint density at radius 1 is 1.40 bits per heavy atom. The molecule has 0 bridgehead atoms. The van der Waals surface area contributed by atoms with E-state index >= 15 is 0 Å². The molecular formula is C14H21NO4S. The quantitative estimate of drug-likeness (QED) is 0.920. The molecule has 1 aliphatic rings. The van der Waals surface area contributed by atoms with Crippen LogP contribution in [0.3, 0.4) is 0 Å². The van der Waals surface area contributed by atoms with Crippen molar-refractivity contribution in [1.82, 2.24) is 4.31 Å². The molecule has 0 unspecified atom stereocenters. The van der Waals surface area contributed by atoms with Gasteiger partial charge in [0.25, 0.3) is 0 Å². The molecule has 112 valence electrons. The lowest BCUT2D eigenvalue weighted by Gasteiger charge is -2.30. The standard InChI is InChI=1S/C14H21NO4S/c1-14(2)7-4-8-15(14)20(17,18)12-5-6-13(19-3)11(9-12)10-16/h5-6,9,16H,4,7-8,10H2,1-3H3. The molecule has 1 aromatic rings. The zero-order chi connectivity index (χ0) is 15.0. The first-order valence-corrected chi connectivity index (χ1v) is 8.07. The van der Waals surface area contributed by atoms with E-state index in [1.54, 1.807) is 10.4 Å². The predicted octanol–water partition coefficient (Wildman–Crippen LogP) is 1.75. The number of hydrogen-bond acceptors (Lipinski definition) is 4. The van der Waals surface area contributed by atoms with Crippen LogP contribution in [0.2, 0.25) is 0 Å². The monoisotopic (exact) mass is 299 g/mol. The van der Waals surface area contributed by atoms with Gasteiger partial charge in [-0.05, 0) is 44.9 Å². The Labute approximate surface area is 120 Å². The van der Waals surface area contributed by atoms with Crippen LogP contribution >= 0.6 is 0 Å². The Morgan fingerprint density at radius 2 is 2.10 bits per heavy atom. The van der Waals surface area contributed by atoms with Gasteiger partial charge in [-0.2, -0.15) is 4.31 Å². The molecule has 0 amide bonds. The van der Waals surface area contributed by atoms with Crippen LogP contribution < -0.4 is 4.74 Å². The number of benzene rings is 1. The molecule has 2 rings (SSSR count). The summed E-state index contributed by atoms with van der Waals surface area (Å²) in [5.41, 5.74) is 0.114. The Morgan fingerprint density at radius 3 is 2.60 bits per heavy atom. The first-order chi connectivity index (χ1) is 9.32. The van der Waals surface area contributed by atoms with Gasteiger partial charge in [0.1, 0.15) is 5.75 Å². The molecule has 5 nitrogen and oxygen atoms in total. The second kappa shape index (κ2) is 5.35. The zero-order valence-corrected chi connectivity index (χ0v) is 12.9. The van der Waals surface area contributed by atoms with E-state index in [4.69, 9.17) is 4.74 Å². The number of aliphatic hydroxyl groups is 1. The van der Waals surface area contributed by atoms with Crippen molar-refractivity contribution in [3.05, 3.63) is 23.8 Å². The third kappa shape index (κ3) is 2.55. The van der Waals surface area contributed by atoms with Gasteiger partial charge in [0.2, 0.25) is 10.0 Å². The molecule has 20 heavy (non-hydrogen) atoms. The summed E-state index contributed by atoms with van der Waals surface area (Å²) < 4.78 is 32.1. The highest BCUT2D eigenvalue weighted by atomic mass is 32.2. The van der Waals surface area contributed by atoms with Crippen molar-refractivity contribution in [3.63, 3.8) is 0 Å². The van der Waals surface area contributed by atoms with Crippen LogP contribution in [-0.2, 0) is 16.6 Å². The minimum atomic E-state index is -3.54. The van der Waals surface area contributed by atoms with Crippen LogP contribution in [-0.4, -0.2) is 37.0 Å². The predicted molar refractivity (Wildman–Crippen MR) is 76.1 cm³/mol. The maximum absolute atomic E-state index is 12.7. The van der Waals surface area contributed by atoms with Gasteiger partial charge in [-0.25, -0.2) is 8.42 Å². The average Bonchev–Trinajstić information content (AvgIpc) is 2.78. The summed E-state index contributed by atoms with van der Waals surface area (Å²) in [7, 11) is -2.04. The number of ether oxygens (including phenoxy) is 1. The topological polar surface area (TPSA) is 66.8 Å².